The van der Waals surface area contributed by atoms with Crippen molar-refractivity contribution in [2.45, 2.75) is 44.8 Å². The number of nitrogens with zero attached hydrogens (tertiary/aromatic N) is 4. The van der Waals surface area contributed by atoms with Crippen molar-refractivity contribution in [3.63, 3.8) is 0 Å². The van der Waals surface area contributed by atoms with Crippen molar-refractivity contribution in [2.75, 3.05) is 26.2 Å². The molecule has 0 radical (unpaired) electrons. The summed E-state index contributed by atoms with van der Waals surface area (Å²) in [5, 5.41) is 13.5. The molecule has 1 aliphatic heterocycles. The molecule has 1 aliphatic carbocycles. The summed E-state index contributed by atoms with van der Waals surface area (Å²) >= 11 is 1.60. The van der Waals surface area contributed by atoms with Crippen LogP contribution < -0.4 is 5.32 Å². The Morgan fingerprint density at radius 1 is 1.23 bits per heavy atom. The predicted molar refractivity (Wildman–Crippen MR) is 99.8 cm³/mol. The van der Waals surface area contributed by atoms with Crippen LogP contribution in [-0.4, -0.2) is 64.2 Å². The number of carbonyl (C=O) groups is 1. The molecular formula is C18H25N5O2S. The minimum Gasteiger partial charge on any atom is -0.418 e. The van der Waals surface area contributed by atoms with Gasteiger partial charge in [0.25, 0.3) is 5.89 Å². The number of nitrogens with one attached hydrogen (secondary N) is 1. The SMILES string of the molecule is CC(C(=O)NC1CC1)N1CCN(C(C)c2nnc(-c3cccs3)o2)CC1. The van der Waals surface area contributed by atoms with Gasteiger partial charge in [-0.3, -0.25) is 14.6 Å². The molecule has 7 nitrogen and oxygen atoms in total. The molecule has 1 saturated carbocycles. The lowest BCUT2D eigenvalue weighted by Crippen LogP contribution is -2.54. The zero-order chi connectivity index (χ0) is 18.1. The molecule has 2 aromatic heterocycles. The van der Waals surface area contributed by atoms with Crippen LogP contribution in [0.5, 0.6) is 0 Å². The summed E-state index contributed by atoms with van der Waals surface area (Å²) in [6.07, 6.45) is 2.25. The zero-order valence-electron chi connectivity index (χ0n) is 15.2. The zero-order valence-corrected chi connectivity index (χ0v) is 16.0. The van der Waals surface area contributed by atoms with Crippen LogP contribution in [0.4, 0.5) is 0 Å². The van der Waals surface area contributed by atoms with Crippen LogP contribution in [0, 0.1) is 0 Å². The molecule has 8 heteroatoms. The van der Waals surface area contributed by atoms with Gasteiger partial charge in [0.1, 0.15) is 0 Å². The van der Waals surface area contributed by atoms with E-state index < -0.39 is 0 Å². The first-order chi connectivity index (χ1) is 12.6. The fraction of sp³-hybridized carbons (Fsp3) is 0.611. The highest BCUT2D eigenvalue weighted by Crippen LogP contribution is 2.27. The maximum atomic E-state index is 12.2. The number of piperazine rings is 1. The van der Waals surface area contributed by atoms with E-state index in [1.807, 2.05) is 24.4 Å². The second-order valence-corrected chi connectivity index (χ2v) is 8.08. The van der Waals surface area contributed by atoms with Crippen molar-refractivity contribution in [1.82, 2.24) is 25.3 Å². The number of carbonyl (C=O) groups excluding carboxylic acids is 1. The van der Waals surface area contributed by atoms with Crippen LogP contribution in [0.3, 0.4) is 0 Å². The third-order valence-electron chi connectivity index (χ3n) is 5.28. The molecule has 1 saturated heterocycles. The normalized spacial score (nSPS) is 21.5. The number of hydrogen-bond donors (Lipinski definition) is 1. The summed E-state index contributed by atoms with van der Waals surface area (Å²) in [4.78, 5) is 17.8. The number of hydrogen-bond acceptors (Lipinski definition) is 7. The molecule has 0 spiro atoms. The van der Waals surface area contributed by atoms with E-state index in [9.17, 15) is 4.79 Å². The van der Waals surface area contributed by atoms with E-state index in [0.717, 1.165) is 43.9 Å². The Labute approximate surface area is 157 Å². The van der Waals surface area contributed by atoms with Crippen LogP contribution in [-0.2, 0) is 4.79 Å². The van der Waals surface area contributed by atoms with Gasteiger partial charge in [-0.1, -0.05) is 6.07 Å². The summed E-state index contributed by atoms with van der Waals surface area (Å²) in [5.41, 5.74) is 0. The second kappa shape index (κ2) is 7.46. The Hall–Kier alpha value is -1.77. The highest BCUT2D eigenvalue weighted by atomic mass is 32.1. The molecule has 2 unspecified atom stereocenters. The number of thiophene rings is 1. The van der Waals surface area contributed by atoms with Crippen LogP contribution in [0.25, 0.3) is 10.8 Å². The molecule has 2 atom stereocenters. The van der Waals surface area contributed by atoms with E-state index in [4.69, 9.17) is 4.42 Å². The van der Waals surface area contributed by atoms with Crippen LogP contribution in [0.1, 0.15) is 38.6 Å². The maximum absolute atomic E-state index is 12.2. The van der Waals surface area contributed by atoms with Gasteiger partial charge < -0.3 is 9.73 Å². The molecule has 3 heterocycles. The van der Waals surface area contributed by atoms with E-state index in [1.165, 1.54) is 0 Å². The second-order valence-electron chi connectivity index (χ2n) is 7.13. The molecule has 1 amide bonds. The molecule has 26 heavy (non-hydrogen) atoms. The van der Waals surface area contributed by atoms with Gasteiger partial charge in [-0.15, -0.1) is 21.5 Å². The largest absolute Gasteiger partial charge is 0.418 e. The molecule has 1 N–H and O–H groups in total. The van der Waals surface area contributed by atoms with Gasteiger partial charge in [-0.2, -0.15) is 0 Å². The number of rotatable bonds is 6. The topological polar surface area (TPSA) is 74.5 Å². The van der Waals surface area contributed by atoms with Crippen molar-refractivity contribution >= 4 is 17.2 Å². The summed E-state index contributed by atoms with van der Waals surface area (Å²) in [6.45, 7) is 7.62. The number of aromatic nitrogens is 2. The maximum Gasteiger partial charge on any atom is 0.257 e. The van der Waals surface area contributed by atoms with E-state index >= 15 is 0 Å². The quantitative estimate of drug-likeness (QED) is 0.834. The van der Waals surface area contributed by atoms with Crippen LogP contribution in [0.15, 0.2) is 21.9 Å². The molecule has 0 bridgehead atoms. The summed E-state index contributed by atoms with van der Waals surface area (Å²) < 4.78 is 5.88. The smallest absolute Gasteiger partial charge is 0.257 e. The fourth-order valence-corrected chi connectivity index (χ4v) is 3.93. The monoisotopic (exact) mass is 375 g/mol. The minimum absolute atomic E-state index is 0.0677. The van der Waals surface area contributed by atoms with E-state index in [1.54, 1.807) is 11.3 Å². The van der Waals surface area contributed by atoms with Crippen LogP contribution >= 0.6 is 11.3 Å². The summed E-state index contributed by atoms with van der Waals surface area (Å²) in [6, 6.07) is 4.39. The molecule has 2 aromatic rings. The van der Waals surface area contributed by atoms with Crippen molar-refractivity contribution < 1.29 is 9.21 Å². The third-order valence-corrected chi connectivity index (χ3v) is 6.14. The van der Waals surface area contributed by atoms with Crippen molar-refractivity contribution in [2.24, 2.45) is 0 Å². The third kappa shape index (κ3) is 3.82. The van der Waals surface area contributed by atoms with Gasteiger partial charge in [0, 0.05) is 32.2 Å². The molecule has 140 valence electrons. The Morgan fingerprint density at radius 3 is 2.62 bits per heavy atom. The van der Waals surface area contributed by atoms with E-state index in [-0.39, 0.29) is 18.0 Å². The van der Waals surface area contributed by atoms with Gasteiger partial charge in [-0.25, -0.2) is 0 Å². The first-order valence-electron chi connectivity index (χ1n) is 9.27. The molecule has 4 rings (SSSR count). The van der Waals surface area contributed by atoms with Gasteiger partial charge in [0.05, 0.1) is 17.0 Å². The summed E-state index contributed by atoms with van der Waals surface area (Å²) in [7, 11) is 0. The van der Waals surface area contributed by atoms with Gasteiger partial charge in [0.2, 0.25) is 11.8 Å². The molecule has 0 aromatic carbocycles. The lowest BCUT2D eigenvalue weighted by Gasteiger charge is -2.39. The lowest BCUT2D eigenvalue weighted by atomic mass is 10.2. The number of amides is 1. The highest BCUT2D eigenvalue weighted by Gasteiger charge is 2.32. The predicted octanol–water partition coefficient (Wildman–Crippen LogP) is 2.14. The first kappa shape index (κ1) is 17.6. The van der Waals surface area contributed by atoms with Gasteiger partial charge in [0.15, 0.2) is 0 Å². The average Bonchev–Trinajstić information content (AvgIpc) is 3.14. The van der Waals surface area contributed by atoms with Gasteiger partial charge >= 0.3 is 0 Å². The van der Waals surface area contributed by atoms with Crippen molar-refractivity contribution in [3.8, 4) is 10.8 Å². The lowest BCUT2D eigenvalue weighted by molar-refractivity contribution is -0.126. The Bertz CT molecular complexity index is 735. The van der Waals surface area contributed by atoms with Crippen LogP contribution in [0.2, 0.25) is 0 Å². The molecular weight excluding hydrogens is 350 g/mol. The Morgan fingerprint density at radius 2 is 1.96 bits per heavy atom. The van der Waals surface area contributed by atoms with E-state index in [0.29, 0.717) is 17.8 Å². The highest BCUT2D eigenvalue weighted by molar-refractivity contribution is 7.13. The van der Waals surface area contributed by atoms with Crippen molar-refractivity contribution in [3.05, 3.63) is 23.4 Å². The fourth-order valence-electron chi connectivity index (χ4n) is 3.29. The minimum atomic E-state index is -0.0677. The average molecular weight is 375 g/mol. The summed E-state index contributed by atoms with van der Waals surface area (Å²) in [5.74, 6) is 1.40. The van der Waals surface area contributed by atoms with E-state index in [2.05, 4.69) is 32.2 Å². The molecule has 2 fully saturated rings. The standard InChI is InChI=1S/C18H25N5O2S/c1-12(16(24)19-14-5-6-14)22-7-9-23(10-8-22)13(2)17-20-21-18(25-17)15-4-3-11-26-15/h3-4,11-14H,5-10H2,1-2H3,(H,19,24). The van der Waals surface area contributed by atoms with Crippen molar-refractivity contribution in [1.29, 1.82) is 0 Å². The molecule has 2 aliphatic rings. The first-order valence-corrected chi connectivity index (χ1v) is 10.2. The Balaban J connectivity index is 1.32. The van der Waals surface area contributed by atoms with Gasteiger partial charge in [-0.05, 0) is 38.1 Å². The Kier molecular flexibility index (Phi) is 5.06.